The Kier molecular flexibility index (Phi) is 12.2. The first-order valence-electron chi connectivity index (χ1n) is 18.4. The van der Waals surface area contributed by atoms with E-state index in [0.29, 0.717) is 5.30 Å². The molecule has 6 aromatic carbocycles. The molecule has 0 aliphatic heterocycles. The number of hydrogen-bond donors (Lipinski definition) is 0. The molecule has 6 aromatic rings. The van der Waals surface area contributed by atoms with Gasteiger partial charge in [0, 0.05) is 0 Å². The third-order valence-electron chi connectivity index (χ3n) is 9.53. The van der Waals surface area contributed by atoms with Crippen LogP contribution in [0.15, 0.2) is 164 Å². The SMILES string of the molecule is CC(C)OP(=O)(OC(C)C)c1cc(C(C)(C)C)cc(P(=S)(c2ccccc2)c2ccccc2)[c]1[Sn]([c]1ccccc1)([c]1ccccc1)[c]1ccccc1. The van der Waals surface area contributed by atoms with Crippen LogP contribution in [0.4, 0.5) is 0 Å². The van der Waals surface area contributed by atoms with Gasteiger partial charge in [0.25, 0.3) is 0 Å². The van der Waals surface area contributed by atoms with E-state index in [9.17, 15) is 0 Å². The van der Waals surface area contributed by atoms with Gasteiger partial charge in [-0.05, 0) is 0 Å². The van der Waals surface area contributed by atoms with E-state index < -0.39 is 32.0 Å². The Morgan fingerprint density at radius 2 is 0.849 bits per heavy atom. The topological polar surface area (TPSA) is 35.5 Å². The standard InChI is InChI=1S/C28H35O3P2S.3C6H5.Sn/c1-21(2)30-33(29,31-22(3)4)27-19-23(28(5,6)7)18-26(20-27)32(34,24-14-10-8-11-15-24)25-16-12-9-13-17-25;3*1-2-4-6-5-3-1;/h8-19,21-22H,1-7H3;3*1-5H;. The maximum absolute atomic E-state index is 16.2. The Morgan fingerprint density at radius 1 is 0.528 bits per heavy atom. The Hall–Kier alpha value is -3.08. The van der Waals surface area contributed by atoms with Crippen molar-refractivity contribution in [3.05, 3.63) is 169 Å². The van der Waals surface area contributed by atoms with Gasteiger partial charge in [0.2, 0.25) is 0 Å². The van der Waals surface area contributed by atoms with Gasteiger partial charge in [-0.2, -0.15) is 0 Å². The van der Waals surface area contributed by atoms with Crippen molar-refractivity contribution in [2.75, 3.05) is 0 Å². The number of hydrogen-bond acceptors (Lipinski definition) is 4. The van der Waals surface area contributed by atoms with Crippen molar-refractivity contribution in [3.8, 4) is 0 Å². The fourth-order valence-electron chi connectivity index (χ4n) is 7.29. The molecule has 0 N–H and O–H groups in total. The molecule has 3 nitrogen and oxygen atoms in total. The molecular formula is C46H50O3P2SSn. The molecule has 0 aliphatic rings. The summed E-state index contributed by atoms with van der Waals surface area (Å²) in [5.41, 5.74) is 0.724. The van der Waals surface area contributed by atoms with E-state index in [4.69, 9.17) is 20.9 Å². The average molecular weight is 864 g/mol. The zero-order valence-electron chi connectivity index (χ0n) is 31.8. The predicted molar refractivity (Wildman–Crippen MR) is 235 cm³/mol. The monoisotopic (exact) mass is 864 g/mol. The molecule has 0 bridgehead atoms. The maximum atomic E-state index is 16.2. The van der Waals surface area contributed by atoms with Gasteiger partial charge >= 0.3 is 328 Å². The van der Waals surface area contributed by atoms with Crippen molar-refractivity contribution in [1.82, 2.24) is 0 Å². The third-order valence-corrected chi connectivity index (χ3v) is 32.0. The molecule has 0 amide bonds. The second-order valence-electron chi connectivity index (χ2n) is 15.1. The number of rotatable bonds is 12. The van der Waals surface area contributed by atoms with Crippen LogP contribution in [0.3, 0.4) is 0 Å². The van der Waals surface area contributed by atoms with E-state index in [1.807, 2.05) is 27.7 Å². The molecule has 0 unspecified atom stereocenters. The van der Waals surface area contributed by atoms with Crippen LogP contribution in [-0.4, -0.2) is 30.6 Å². The Bertz CT molecular complexity index is 2070. The van der Waals surface area contributed by atoms with Crippen LogP contribution < -0.4 is 35.5 Å². The molecule has 0 aliphatic carbocycles. The first-order valence-corrected chi connectivity index (χ1v) is 28.4. The van der Waals surface area contributed by atoms with E-state index in [0.717, 1.165) is 25.1 Å². The second kappa shape index (κ2) is 16.3. The second-order valence-corrected chi connectivity index (χ2v) is 32.0. The van der Waals surface area contributed by atoms with Gasteiger partial charge in [-0.1, -0.05) is 0 Å². The zero-order valence-corrected chi connectivity index (χ0v) is 37.2. The summed E-state index contributed by atoms with van der Waals surface area (Å²) < 4.78 is 34.3. The summed E-state index contributed by atoms with van der Waals surface area (Å²) in [5.74, 6) is 0. The van der Waals surface area contributed by atoms with Crippen LogP contribution >= 0.6 is 13.6 Å². The summed E-state index contributed by atoms with van der Waals surface area (Å²) in [5, 5.41) is 3.85. The van der Waals surface area contributed by atoms with Crippen LogP contribution in [0, 0.1) is 0 Å². The van der Waals surface area contributed by atoms with Crippen molar-refractivity contribution in [2.45, 2.75) is 66.1 Å². The van der Waals surface area contributed by atoms with Gasteiger partial charge in [-0.25, -0.2) is 0 Å². The summed E-state index contributed by atoms with van der Waals surface area (Å²) in [4.78, 5) is 0. The summed E-state index contributed by atoms with van der Waals surface area (Å²) in [6, 6.07) is 55.5. The first-order chi connectivity index (χ1) is 25.3. The van der Waals surface area contributed by atoms with Gasteiger partial charge in [-0.3, -0.25) is 0 Å². The molecule has 7 heteroatoms. The number of benzene rings is 6. The van der Waals surface area contributed by atoms with Crippen molar-refractivity contribution in [3.63, 3.8) is 0 Å². The third kappa shape index (κ3) is 7.88. The van der Waals surface area contributed by atoms with Crippen molar-refractivity contribution in [2.24, 2.45) is 0 Å². The Morgan fingerprint density at radius 3 is 1.17 bits per heavy atom. The van der Waals surface area contributed by atoms with E-state index in [1.165, 1.54) is 10.7 Å². The molecule has 0 radical (unpaired) electrons. The van der Waals surface area contributed by atoms with Crippen molar-refractivity contribution < 1.29 is 13.6 Å². The van der Waals surface area contributed by atoms with Crippen molar-refractivity contribution >= 4 is 79.4 Å². The van der Waals surface area contributed by atoms with Gasteiger partial charge in [0.15, 0.2) is 0 Å². The summed E-state index contributed by atoms with van der Waals surface area (Å²) in [6.07, 6.45) is -0.731. The molecule has 0 heterocycles. The molecular weight excluding hydrogens is 813 g/mol. The summed E-state index contributed by atoms with van der Waals surface area (Å²) in [6.45, 7) is 14.4. The molecule has 0 aromatic heterocycles. The quantitative estimate of drug-likeness (QED) is 0.0931. The van der Waals surface area contributed by atoms with E-state index in [2.05, 4.69) is 185 Å². The molecule has 0 saturated heterocycles. The van der Waals surface area contributed by atoms with Crippen LogP contribution in [0.5, 0.6) is 0 Å². The summed E-state index contributed by atoms with van der Waals surface area (Å²) in [7, 11) is -4.03. The van der Waals surface area contributed by atoms with E-state index in [-0.39, 0.29) is 17.6 Å². The Labute approximate surface area is 326 Å². The van der Waals surface area contributed by atoms with Crippen LogP contribution in [0.1, 0.15) is 54.0 Å². The van der Waals surface area contributed by atoms with Gasteiger partial charge in [-0.15, -0.1) is 0 Å². The fraction of sp³-hybridized carbons (Fsp3) is 0.217. The fourth-order valence-corrected chi connectivity index (χ4v) is 32.8. The van der Waals surface area contributed by atoms with E-state index in [1.54, 1.807) is 0 Å². The molecule has 0 fully saturated rings. The first kappa shape index (κ1) is 39.6. The zero-order chi connectivity index (χ0) is 37.9. The molecule has 272 valence electrons. The molecule has 0 saturated carbocycles. The van der Waals surface area contributed by atoms with Crippen molar-refractivity contribution in [1.29, 1.82) is 0 Å². The van der Waals surface area contributed by atoms with Gasteiger partial charge < -0.3 is 0 Å². The minimum absolute atomic E-state index is 0.319. The molecule has 6 rings (SSSR count). The van der Waals surface area contributed by atoms with Gasteiger partial charge in [0.05, 0.1) is 0 Å². The van der Waals surface area contributed by atoms with Crippen LogP contribution in [0.25, 0.3) is 0 Å². The molecule has 0 atom stereocenters. The average Bonchev–Trinajstić information content (AvgIpc) is 3.15. The van der Waals surface area contributed by atoms with Gasteiger partial charge in [0.1, 0.15) is 0 Å². The molecule has 53 heavy (non-hydrogen) atoms. The van der Waals surface area contributed by atoms with Crippen LogP contribution in [0.2, 0.25) is 0 Å². The van der Waals surface area contributed by atoms with E-state index >= 15 is 4.57 Å². The Balaban J connectivity index is 2.00. The molecule has 0 spiro atoms. The summed E-state index contributed by atoms with van der Waals surface area (Å²) >= 11 is 2.65. The normalized spacial score (nSPS) is 12.7. The predicted octanol–water partition coefficient (Wildman–Crippen LogP) is 7.79. The minimum atomic E-state index is -4.67. The van der Waals surface area contributed by atoms with Crippen LogP contribution in [-0.2, 0) is 30.8 Å².